The molecule has 1 aromatic heterocycles. The van der Waals surface area contributed by atoms with E-state index in [-0.39, 0.29) is 11.7 Å². The predicted octanol–water partition coefficient (Wildman–Crippen LogP) is 4.56. The number of halogens is 1. The van der Waals surface area contributed by atoms with Crippen molar-refractivity contribution in [1.82, 2.24) is 0 Å². The van der Waals surface area contributed by atoms with Gasteiger partial charge in [-0.25, -0.2) is 0 Å². The average molecular weight is 415 g/mol. The van der Waals surface area contributed by atoms with Gasteiger partial charge < -0.3 is 19.8 Å². The van der Waals surface area contributed by atoms with Gasteiger partial charge in [-0.15, -0.1) is 0 Å². The summed E-state index contributed by atoms with van der Waals surface area (Å²) in [6, 6.07) is 16.8. The van der Waals surface area contributed by atoms with E-state index >= 15 is 0 Å². The summed E-state index contributed by atoms with van der Waals surface area (Å²) in [7, 11) is 1.58. The van der Waals surface area contributed by atoms with Gasteiger partial charge in [0, 0.05) is 16.9 Å². The van der Waals surface area contributed by atoms with Crippen LogP contribution in [0.2, 0.25) is 0 Å². The highest BCUT2D eigenvalue weighted by Crippen LogP contribution is 2.19. The second-order valence-electron chi connectivity index (χ2n) is 5.32. The molecule has 2 aromatic carbocycles. The van der Waals surface area contributed by atoms with Crippen molar-refractivity contribution < 1.29 is 18.7 Å². The maximum atomic E-state index is 12.4. The fourth-order valence-corrected chi connectivity index (χ4v) is 2.55. The van der Waals surface area contributed by atoms with Gasteiger partial charge in [0.1, 0.15) is 5.75 Å². The number of furan rings is 1. The van der Waals surface area contributed by atoms with Crippen LogP contribution in [0.3, 0.4) is 0 Å². The number of anilines is 2. The first-order valence-electron chi connectivity index (χ1n) is 7.67. The standard InChI is InChI=1S/C19H15BrN2O4/c1-25-15-7-5-13(6-8-15)21-18(23)12-3-2-4-14(11-12)22-19(24)16-9-10-17(20)26-16/h2-11H,1H3,(H,21,23)(H,22,24). The van der Waals surface area contributed by atoms with Crippen LogP contribution in [0.4, 0.5) is 11.4 Å². The largest absolute Gasteiger partial charge is 0.497 e. The zero-order valence-corrected chi connectivity index (χ0v) is 15.4. The summed E-state index contributed by atoms with van der Waals surface area (Å²) >= 11 is 3.15. The van der Waals surface area contributed by atoms with Crippen LogP contribution in [0.5, 0.6) is 5.75 Å². The van der Waals surface area contributed by atoms with E-state index < -0.39 is 5.91 Å². The summed E-state index contributed by atoms with van der Waals surface area (Å²) in [5.41, 5.74) is 1.55. The molecule has 0 aliphatic rings. The van der Waals surface area contributed by atoms with Crippen LogP contribution in [0, 0.1) is 0 Å². The van der Waals surface area contributed by atoms with Crippen molar-refractivity contribution in [2.45, 2.75) is 0 Å². The first-order valence-corrected chi connectivity index (χ1v) is 8.46. The Morgan fingerprint density at radius 3 is 2.31 bits per heavy atom. The van der Waals surface area contributed by atoms with E-state index in [0.717, 1.165) is 0 Å². The van der Waals surface area contributed by atoms with Gasteiger partial charge in [0.15, 0.2) is 10.4 Å². The third kappa shape index (κ3) is 4.31. The third-order valence-electron chi connectivity index (χ3n) is 3.53. The number of hydrogen-bond donors (Lipinski definition) is 2. The number of nitrogens with one attached hydrogen (secondary N) is 2. The smallest absolute Gasteiger partial charge is 0.291 e. The minimum Gasteiger partial charge on any atom is -0.497 e. The van der Waals surface area contributed by atoms with Gasteiger partial charge in [-0.05, 0) is 70.5 Å². The number of hydrogen-bond acceptors (Lipinski definition) is 4. The zero-order chi connectivity index (χ0) is 18.5. The predicted molar refractivity (Wildman–Crippen MR) is 102 cm³/mol. The second-order valence-corrected chi connectivity index (χ2v) is 6.10. The van der Waals surface area contributed by atoms with Crippen molar-refractivity contribution in [3.63, 3.8) is 0 Å². The minimum absolute atomic E-state index is 0.171. The molecule has 0 radical (unpaired) electrons. The Balaban J connectivity index is 1.69. The number of carbonyl (C=O) groups is 2. The highest BCUT2D eigenvalue weighted by Gasteiger charge is 2.12. The number of methoxy groups -OCH3 is 1. The van der Waals surface area contributed by atoms with E-state index in [2.05, 4.69) is 26.6 Å². The molecule has 2 N–H and O–H groups in total. The van der Waals surface area contributed by atoms with E-state index in [4.69, 9.17) is 9.15 Å². The lowest BCUT2D eigenvalue weighted by atomic mass is 10.1. The molecule has 26 heavy (non-hydrogen) atoms. The zero-order valence-electron chi connectivity index (χ0n) is 13.8. The van der Waals surface area contributed by atoms with Gasteiger partial charge in [-0.2, -0.15) is 0 Å². The van der Waals surface area contributed by atoms with E-state index in [1.165, 1.54) is 0 Å². The monoisotopic (exact) mass is 414 g/mol. The number of amides is 2. The van der Waals surface area contributed by atoms with Gasteiger partial charge in [-0.1, -0.05) is 6.07 Å². The Morgan fingerprint density at radius 1 is 0.923 bits per heavy atom. The van der Waals surface area contributed by atoms with Crippen molar-refractivity contribution in [1.29, 1.82) is 0 Å². The Labute approximate surface area is 158 Å². The Hall–Kier alpha value is -3.06. The molecule has 0 bridgehead atoms. The Bertz CT molecular complexity index is 935. The summed E-state index contributed by atoms with van der Waals surface area (Å²) < 4.78 is 10.8. The molecule has 6 nitrogen and oxygen atoms in total. The van der Waals surface area contributed by atoms with Crippen LogP contribution >= 0.6 is 15.9 Å². The Kier molecular flexibility index (Phi) is 5.38. The van der Waals surface area contributed by atoms with E-state index in [0.29, 0.717) is 27.4 Å². The fraction of sp³-hybridized carbons (Fsp3) is 0.0526. The van der Waals surface area contributed by atoms with Gasteiger partial charge in [-0.3, -0.25) is 9.59 Å². The quantitative estimate of drug-likeness (QED) is 0.641. The molecule has 0 saturated heterocycles. The molecule has 132 valence electrons. The van der Waals surface area contributed by atoms with Crippen molar-refractivity contribution in [3.05, 3.63) is 76.7 Å². The topological polar surface area (TPSA) is 80.6 Å². The SMILES string of the molecule is COc1ccc(NC(=O)c2cccc(NC(=O)c3ccc(Br)o3)c2)cc1. The summed E-state index contributed by atoms with van der Waals surface area (Å²) in [6.45, 7) is 0. The van der Waals surface area contributed by atoms with Crippen molar-refractivity contribution in [2.24, 2.45) is 0 Å². The summed E-state index contributed by atoms with van der Waals surface area (Å²) in [5.74, 6) is 0.192. The van der Waals surface area contributed by atoms with Crippen LogP contribution < -0.4 is 15.4 Å². The van der Waals surface area contributed by atoms with Crippen LogP contribution in [0.15, 0.2) is 69.8 Å². The van der Waals surface area contributed by atoms with Crippen LogP contribution in [0.1, 0.15) is 20.9 Å². The molecule has 3 aromatic rings. The molecule has 0 saturated carbocycles. The minimum atomic E-state index is -0.400. The normalized spacial score (nSPS) is 10.2. The molecule has 0 atom stereocenters. The molecule has 1 heterocycles. The molecule has 2 amide bonds. The third-order valence-corrected chi connectivity index (χ3v) is 3.95. The first kappa shape index (κ1) is 17.8. The van der Waals surface area contributed by atoms with Gasteiger partial charge >= 0.3 is 0 Å². The summed E-state index contributed by atoms with van der Waals surface area (Å²) in [4.78, 5) is 24.5. The molecule has 0 fully saturated rings. The van der Waals surface area contributed by atoms with Crippen molar-refractivity contribution in [3.8, 4) is 5.75 Å². The molecule has 7 heteroatoms. The highest BCUT2D eigenvalue weighted by atomic mass is 79.9. The van der Waals surface area contributed by atoms with Crippen LogP contribution in [0.25, 0.3) is 0 Å². The number of ether oxygens (including phenoxy) is 1. The van der Waals surface area contributed by atoms with E-state index in [1.807, 2.05) is 0 Å². The number of rotatable bonds is 5. The maximum Gasteiger partial charge on any atom is 0.291 e. The van der Waals surface area contributed by atoms with Gasteiger partial charge in [0.2, 0.25) is 0 Å². The lowest BCUT2D eigenvalue weighted by Gasteiger charge is -2.08. The van der Waals surface area contributed by atoms with Crippen molar-refractivity contribution >= 4 is 39.1 Å². The molecule has 0 aliphatic heterocycles. The molecule has 0 unspecified atom stereocenters. The number of carbonyl (C=O) groups excluding carboxylic acids is 2. The van der Waals surface area contributed by atoms with E-state index in [1.54, 1.807) is 67.8 Å². The van der Waals surface area contributed by atoms with Crippen LogP contribution in [-0.4, -0.2) is 18.9 Å². The fourth-order valence-electron chi connectivity index (χ4n) is 2.24. The molecule has 0 spiro atoms. The average Bonchev–Trinajstić information content (AvgIpc) is 3.09. The van der Waals surface area contributed by atoms with E-state index in [9.17, 15) is 9.59 Å². The highest BCUT2D eigenvalue weighted by molar-refractivity contribution is 9.10. The molecular formula is C19H15BrN2O4. The molecular weight excluding hydrogens is 400 g/mol. The number of benzene rings is 2. The lowest BCUT2D eigenvalue weighted by Crippen LogP contribution is -2.14. The summed E-state index contributed by atoms with van der Waals surface area (Å²) in [6.07, 6.45) is 0. The first-order chi connectivity index (χ1) is 12.5. The Morgan fingerprint density at radius 2 is 1.65 bits per heavy atom. The van der Waals surface area contributed by atoms with Crippen molar-refractivity contribution in [2.75, 3.05) is 17.7 Å². The van der Waals surface area contributed by atoms with Gasteiger partial charge in [0.05, 0.1) is 7.11 Å². The lowest BCUT2D eigenvalue weighted by molar-refractivity contribution is 0.0992. The van der Waals surface area contributed by atoms with Crippen LogP contribution in [-0.2, 0) is 0 Å². The maximum absolute atomic E-state index is 12.4. The summed E-state index contributed by atoms with van der Waals surface area (Å²) in [5, 5.41) is 5.49. The molecule has 0 aliphatic carbocycles. The molecule has 3 rings (SSSR count). The van der Waals surface area contributed by atoms with Gasteiger partial charge in [0.25, 0.3) is 11.8 Å². The second kappa shape index (κ2) is 7.88.